The largest absolute Gasteiger partial charge is 0.371 e. The SMILES string of the molecule is Cc1cc(F)ccc1N(C)[C@@H]1CCNC[C@@H]1C. The van der Waals surface area contributed by atoms with Crippen LogP contribution in [0.4, 0.5) is 10.1 Å². The van der Waals surface area contributed by atoms with Crippen molar-refractivity contribution in [3.63, 3.8) is 0 Å². The molecule has 0 aromatic heterocycles. The van der Waals surface area contributed by atoms with Gasteiger partial charge in [-0.2, -0.15) is 0 Å². The van der Waals surface area contributed by atoms with Crippen molar-refractivity contribution in [1.29, 1.82) is 0 Å². The molecule has 0 saturated carbocycles. The minimum atomic E-state index is -0.155. The highest BCUT2D eigenvalue weighted by Crippen LogP contribution is 2.26. The highest BCUT2D eigenvalue weighted by atomic mass is 19.1. The molecule has 2 atom stereocenters. The molecular weight excluding hydrogens is 215 g/mol. The van der Waals surface area contributed by atoms with Gasteiger partial charge in [0.1, 0.15) is 5.82 Å². The van der Waals surface area contributed by atoms with Crippen LogP contribution >= 0.6 is 0 Å². The molecule has 17 heavy (non-hydrogen) atoms. The number of nitrogens with zero attached hydrogens (tertiary/aromatic N) is 1. The third kappa shape index (κ3) is 2.60. The molecule has 1 heterocycles. The van der Waals surface area contributed by atoms with Crippen molar-refractivity contribution in [2.45, 2.75) is 26.3 Å². The molecule has 0 spiro atoms. The zero-order valence-electron chi connectivity index (χ0n) is 10.8. The van der Waals surface area contributed by atoms with Gasteiger partial charge in [-0.25, -0.2) is 4.39 Å². The first-order valence-corrected chi connectivity index (χ1v) is 6.29. The molecular formula is C14H21FN2. The number of anilines is 1. The van der Waals surface area contributed by atoms with Gasteiger partial charge in [0.25, 0.3) is 0 Å². The Balaban J connectivity index is 2.20. The topological polar surface area (TPSA) is 15.3 Å². The second-order valence-corrected chi connectivity index (χ2v) is 5.08. The Hall–Kier alpha value is -1.09. The fourth-order valence-electron chi connectivity index (χ4n) is 2.77. The Labute approximate surface area is 103 Å². The maximum Gasteiger partial charge on any atom is 0.123 e. The fourth-order valence-corrected chi connectivity index (χ4v) is 2.77. The molecule has 1 fully saturated rings. The smallest absolute Gasteiger partial charge is 0.123 e. The third-order valence-electron chi connectivity index (χ3n) is 3.78. The second kappa shape index (κ2) is 5.05. The highest BCUT2D eigenvalue weighted by molar-refractivity contribution is 5.53. The minimum absolute atomic E-state index is 0.155. The Kier molecular flexibility index (Phi) is 3.67. The van der Waals surface area contributed by atoms with Gasteiger partial charge in [-0.3, -0.25) is 0 Å². The van der Waals surface area contributed by atoms with Crippen LogP contribution in [0.25, 0.3) is 0 Å². The van der Waals surface area contributed by atoms with E-state index in [2.05, 4.69) is 24.2 Å². The van der Waals surface area contributed by atoms with Gasteiger partial charge >= 0.3 is 0 Å². The van der Waals surface area contributed by atoms with E-state index < -0.39 is 0 Å². The first kappa shape index (κ1) is 12.4. The molecule has 2 nitrogen and oxygen atoms in total. The molecule has 1 aromatic rings. The van der Waals surface area contributed by atoms with Crippen LogP contribution in [0.15, 0.2) is 18.2 Å². The fraction of sp³-hybridized carbons (Fsp3) is 0.571. The molecule has 3 heteroatoms. The first-order chi connectivity index (χ1) is 8.09. The zero-order valence-corrected chi connectivity index (χ0v) is 10.8. The van der Waals surface area contributed by atoms with Crippen molar-refractivity contribution in [2.24, 2.45) is 5.92 Å². The average molecular weight is 236 g/mol. The van der Waals surface area contributed by atoms with Crippen LogP contribution < -0.4 is 10.2 Å². The summed E-state index contributed by atoms with van der Waals surface area (Å²) in [5, 5.41) is 3.41. The summed E-state index contributed by atoms with van der Waals surface area (Å²) in [6, 6.07) is 5.59. The van der Waals surface area contributed by atoms with E-state index in [9.17, 15) is 4.39 Å². The number of aryl methyl sites for hydroxylation is 1. The van der Waals surface area contributed by atoms with Crippen LogP contribution in [0.5, 0.6) is 0 Å². The number of rotatable bonds is 2. The molecule has 94 valence electrons. The summed E-state index contributed by atoms with van der Waals surface area (Å²) in [6.45, 7) is 6.38. The second-order valence-electron chi connectivity index (χ2n) is 5.08. The number of benzene rings is 1. The van der Waals surface area contributed by atoms with E-state index in [4.69, 9.17) is 0 Å². The molecule has 1 aliphatic rings. The molecule has 1 aliphatic heterocycles. The predicted molar refractivity (Wildman–Crippen MR) is 70.0 cm³/mol. The van der Waals surface area contributed by atoms with Crippen molar-refractivity contribution < 1.29 is 4.39 Å². The van der Waals surface area contributed by atoms with Crippen LogP contribution in [0.3, 0.4) is 0 Å². The lowest BCUT2D eigenvalue weighted by Crippen LogP contribution is -2.47. The van der Waals surface area contributed by atoms with Crippen LogP contribution in [0, 0.1) is 18.7 Å². The normalized spacial score (nSPS) is 24.7. The monoisotopic (exact) mass is 236 g/mol. The van der Waals surface area contributed by atoms with Crippen LogP contribution in [0.2, 0.25) is 0 Å². The summed E-state index contributed by atoms with van der Waals surface area (Å²) in [7, 11) is 2.12. The van der Waals surface area contributed by atoms with Crippen LogP contribution in [0.1, 0.15) is 18.9 Å². The van der Waals surface area contributed by atoms with Crippen LogP contribution in [-0.2, 0) is 0 Å². The molecule has 0 aliphatic carbocycles. The molecule has 0 radical (unpaired) electrons. The number of piperidine rings is 1. The van der Waals surface area contributed by atoms with E-state index in [1.807, 2.05) is 13.0 Å². The maximum atomic E-state index is 13.1. The number of nitrogens with one attached hydrogen (secondary N) is 1. The number of hydrogen-bond acceptors (Lipinski definition) is 2. The lowest BCUT2D eigenvalue weighted by molar-refractivity contribution is 0.339. The molecule has 0 unspecified atom stereocenters. The summed E-state index contributed by atoms with van der Waals surface area (Å²) in [4.78, 5) is 2.31. The maximum absolute atomic E-state index is 13.1. The lowest BCUT2D eigenvalue weighted by Gasteiger charge is -2.38. The van der Waals surface area contributed by atoms with Gasteiger partial charge in [0, 0.05) is 18.8 Å². The van der Waals surface area contributed by atoms with Gasteiger partial charge in [0.2, 0.25) is 0 Å². The average Bonchev–Trinajstić information content (AvgIpc) is 2.29. The van der Waals surface area contributed by atoms with Gasteiger partial charge in [0.05, 0.1) is 0 Å². The summed E-state index contributed by atoms with van der Waals surface area (Å²) in [6.07, 6.45) is 1.15. The summed E-state index contributed by atoms with van der Waals surface area (Å²) < 4.78 is 13.1. The van der Waals surface area contributed by atoms with E-state index >= 15 is 0 Å². The van der Waals surface area contributed by atoms with Crippen LogP contribution in [-0.4, -0.2) is 26.2 Å². The van der Waals surface area contributed by atoms with Gasteiger partial charge < -0.3 is 10.2 Å². The number of halogens is 1. The molecule has 1 saturated heterocycles. The zero-order chi connectivity index (χ0) is 12.4. The standard InChI is InChI=1S/C14H21FN2/c1-10-8-12(15)4-5-13(10)17(3)14-6-7-16-9-11(14)2/h4-5,8,11,14,16H,6-7,9H2,1-3H3/t11-,14+/m0/s1. The Morgan fingerprint density at radius 1 is 1.41 bits per heavy atom. The molecule has 1 N–H and O–H groups in total. The van der Waals surface area contributed by atoms with Crippen molar-refractivity contribution in [3.05, 3.63) is 29.6 Å². The summed E-state index contributed by atoms with van der Waals surface area (Å²) in [5.41, 5.74) is 2.16. The number of hydrogen-bond donors (Lipinski definition) is 1. The van der Waals surface area contributed by atoms with E-state index in [-0.39, 0.29) is 5.82 Å². The van der Waals surface area contributed by atoms with Gasteiger partial charge in [-0.15, -0.1) is 0 Å². The van der Waals surface area contributed by atoms with E-state index in [1.54, 1.807) is 12.1 Å². The van der Waals surface area contributed by atoms with Gasteiger partial charge in [0.15, 0.2) is 0 Å². The minimum Gasteiger partial charge on any atom is -0.371 e. The van der Waals surface area contributed by atoms with Gasteiger partial charge in [-0.05, 0) is 56.1 Å². The molecule has 0 amide bonds. The van der Waals surface area contributed by atoms with Crippen molar-refractivity contribution in [1.82, 2.24) is 5.32 Å². The van der Waals surface area contributed by atoms with E-state index in [1.165, 1.54) is 0 Å². The summed E-state index contributed by atoms with van der Waals surface area (Å²) >= 11 is 0. The Bertz CT molecular complexity index is 392. The first-order valence-electron chi connectivity index (χ1n) is 6.29. The highest BCUT2D eigenvalue weighted by Gasteiger charge is 2.25. The van der Waals surface area contributed by atoms with E-state index in [0.29, 0.717) is 12.0 Å². The third-order valence-corrected chi connectivity index (χ3v) is 3.78. The van der Waals surface area contributed by atoms with Crippen molar-refractivity contribution in [3.8, 4) is 0 Å². The summed E-state index contributed by atoms with van der Waals surface area (Å²) in [5.74, 6) is 0.469. The Morgan fingerprint density at radius 3 is 2.82 bits per heavy atom. The van der Waals surface area contributed by atoms with E-state index in [0.717, 1.165) is 30.8 Å². The Morgan fingerprint density at radius 2 is 2.18 bits per heavy atom. The molecule has 0 bridgehead atoms. The molecule has 1 aromatic carbocycles. The molecule has 2 rings (SSSR count). The predicted octanol–water partition coefficient (Wildman–Crippen LogP) is 2.57. The van der Waals surface area contributed by atoms with Crippen molar-refractivity contribution in [2.75, 3.05) is 25.0 Å². The quantitative estimate of drug-likeness (QED) is 0.849. The van der Waals surface area contributed by atoms with Gasteiger partial charge in [-0.1, -0.05) is 6.92 Å². The lowest BCUT2D eigenvalue weighted by atomic mass is 9.93. The van der Waals surface area contributed by atoms with Crippen molar-refractivity contribution >= 4 is 5.69 Å².